The number of carbonyl (C=O) groups is 1. The molecule has 0 spiro atoms. The highest BCUT2D eigenvalue weighted by Gasteiger charge is 2.40. The van der Waals surface area contributed by atoms with Crippen molar-refractivity contribution in [1.29, 1.82) is 0 Å². The molecule has 3 aromatic carbocycles. The molecule has 0 aliphatic carbocycles. The molecule has 0 bridgehead atoms. The Bertz CT molecular complexity index is 1350. The molecule has 0 saturated carbocycles. The molecule has 2 fully saturated rings. The van der Waals surface area contributed by atoms with Crippen molar-refractivity contribution in [2.24, 2.45) is 0 Å². The van der Waals surface area contributed by atoms with Gasteiger partial charge in [0.15, 0.2) is 0 Å². The predicted molar refractivity (Wildman–Crippen MR) is 185 cm³/mol. The predicted octanol–water partition coefficient (Wildman–Crippen LogP) is 4.92. The second kappa shape index (κ2) is 15.5. The maximum absolute atomic E-state index is 13.3. The maximum Gasteiger partial charge on any atom is 0.320 e. The normalized spacial score (nSPS) is 17.4. The fraction of sp³-hybridized carbons (Fsp3) is 0.500. The molecule has 2 aliphatic heterocycles. The van der Waals surface area contributed by atoms with E-state index in [0.29, 0.717) is 19.5 Å². The van der Waals surface area contributed by atoms with E-state index in [-0.39, 0.29) is 18.2 Å². The van der Waals surface area contributed by atoms with Gasteiger partial charge in [0.2, 0.25) is 0 Å². The first-order chi connectivity index (χ1) is 22.7. The number of nitrogens with zero attached hydrogens (tertiary/aromatic N) is 4. The van der Waals surface area contributed by atoms with Crippen molar-refractivity contribution in [1.82, 2.24) is 19.6 Å². The molecule has 0 radical (unpaired) electrons. The van der Waals surface area contributed by atoms with Gasteiger partial charge in [0.25, 0.3) is 0 Å². The van der Waals surface area contributed by atoms with Crippen molar-refractivity contribution < 1.29 is 24.1 Å². The lowest BCUT2D eigenvalue weighted by molar-refractivity contribution is -0.0762. The molecule has 2 heterocycles. The van der Waals surface area contributed by atoms with E-state index < -0.39 is 11.7 Å². The third-order valence-electron chi connectivity index (χ3n) is 9.63. The molecule has 9 heteroatoms. The Balaban J connectivity index is 1.28. The first-order valence-electron chi connectivity index (χ1n) is 16.8. The summed E-state index contributed by atoms with van der Waals surface area (Å²) in [6.45, 7) is 13.7. The molecule has 1 unspecified atom stereocenters. The van der Waals surface area contributed by atoms with E-state index in [1.54, 1.807) is 14.2 Å². The van der Waals surface area contributed by atoms with Crippen LogP contribution in [0, 0.1) is 0 Å². The standard InChI is InChI=1S/C38H52N4O5/c1-37(2,3)42-27-25-41(26-28-42)36(44)40-23-21-39(22-24-40)20-19-35(29-43)47-38(30-9-7-6-8-10-30,31-11-15-33(45-4)16-12-31)32-13-17-34(46-5)18-14-32/h6-18,35,43H,19-29H2,1-5H3. The summed E-state index contributed by atoms with van der Waals surface area (Å²) in [5.74, 6) is 1.52. The van der Waals surface area contributed by atoms with E-state index in [4.69, 9.17) is 14.2 Å². The van der Waals surface area contributed by atoms with Gasteiger partial charge in [0.1, 0.15) is 17.1 Å². The van der Waals surface area contributed by atoms with Gasteiger partial charge in [-0.15, -0.1) is 0 Å². The Morgan fingerprint density at radius 3 is 1.62 bits per heavy atom. The van der Waals surface area contributed by atoms with Gasteiger partial charge in [-0.25, -0.2) is 4.79 Å². The Labute approximate surface area is 280 Å². The third kappa shape index (κ3) is 8.09. The summed E-state index contributed by atoms with van der Waals surface area (Å²) in [6.07, 6.45) is 0.193. The number of carbonyl (C=O) groups excluding carboxylic acids is 1. The number of piperazine rings is 2. The molecule has 2 saturated heterocycles. The molecule has 5 rings (SSSR count). The summed E-state index contributed by atoms with van der Waals surface area (Å²) in [7, 11) is 3.32. The number of rotatable bonds is 11. The van der Waals surface area contributed by atoms with E-state index >= 15 is 0 Å². The molecule has 2 aliphatic rings. The number of aliphatic hydroxyl groups is 1. The number of benzene rings is 3. The van der Waals surface area contributed by atoms with Gasteiger partial charge in [0, 0.05) is 64.4 Å². The zero-order chi connectivity index (χ0) is 33.4. The lowest BCUT2D eigenvalue weighted by Crippen LogP contribution is -2.59. The van der Waals surface area contributed by atoms with E-state index in [1.807, 2.05) is 76.5 Å². The summed E-state index contributed by atoms with van der Waals surface area (Å²) < 4.78 is 18.1. The molecule has 47 heavy (non-hydrogen) atoms. The van der Waals surface area contributed by atoms with Gasteiger partial charge >= 0.3 is 6.03 Å². The van der Waals surface area contributed by atoms with Crippen LogP contribution in [0.15, 0.2) is 78.9 Å². The van der Waals surface area contributed by atoms with Gasteiger partial charge in [0.05, 0.1) is 26.9 Å². The lowest BCUT2D eigenvalue weighted by atomic mass is 9.79. The number of amides is 2. The van der Waals surface area contributed by atoms with Crippen molar-refractivity contribution in [3.63, 3.8) is 0 Å². The van der Waals surface area contributed by atoms with Crippen molar-refractivity contribution >= 4 is 6.03 Å². The Morgan fingerprint density at radius 1 is 0.702 bits per heavy atom. The quantitative estimate of drug-likeness (QED) is 0.297. The molecule has 0 aromatic heterocycles. The zero-order valence-electron chi connectivity index (χ0n) is 28.7. The van der Waals surface area contributed by atoms with Crippen molar-refractivity contribution in [3.8, 4) is 11.5 Å². The number of urea groups is 1. The van der Waals surface area contributed by atoms with Gasteiger partial charge in [-0.3, -0.25) is 9.80 Å². The Kier molecular flexibility index (Phi) is 11.5. The molecular weight excluding hydrogens is 592 g/mol. The van der Waals surface area contributed by atoms with Crippen LogP contribution in [-0.2, 0) is 10.3 Å². The molecule has 1 N–H and O–H groups in total. The number of hydrogen-bond donors (Lipinski definition) is 1. The molecule has 2 amide bonds. The number of methoxy groups -OCH3 is 2. The van der Waals surface area contributed by atoms with Gasteiger partial charge < -0.3 is 29.1 Å². The van der Waals surface area contributed by atoms with Crippen LogP contribution in [0.2, 0.25) is 0 Å². The third-order valence-corrected chi connectivity index (χ3v) is 9.63. The van der Waals surface area contributed by atoms with E-state index in [2.05, 4.69) is 42.7 Å². The minimum atomic E-state index is -0.991. The molecular formula is C38H52N4O5. The number of ether oxygens (including phenoxy) is 3. The second-order valence-electron chi connectivity index (χ2n) is 13.5. The fourth-order valence-corrected chi connectivity index (χ4v) is 6.72. The molecule has 9 nitrogen and oxygen atoms in total. The van der Waals surface area contributed by atoms with Crippen molar-refractivity contribution in [2.45, 2.75) is 44.4 Å². The van der Waals surface area contributed by atoms with Gasteiger partial charge in [-0.05, 0) is 68.1 Å². The zero-order valence-corrected chi connectivity index (χ0v) is 28.7. The van der Waals surface area contributed by atoms with Crippen LogP contribution in [0.1, 0.15) is 43.9 Å². The van der Waals surface area contributed by atoms with Crippen LogP contribution < -0.4 is 9.47 Å². The first kappa shape index (κ1) is 34.7. The summed E-state index contributed by atoms with van der Waals surface area (Å²) in [5.41, 5.74) is 1.97. The largest absolute Gasteiger partial charge is 0.497 e. The lowest BCUT2D eigenvalue weighted by Gasteiger charge is -2.44. The average molecular weight is 645 g/mol. The first-order valence-corrected chi connectivity index (χ1v) is 16.8. The van der Waals surface area contributed by atoms with Crippen LogP contribution in [0.5, 0.6) is 11.5 Å². The van der Waals surface area contributed by atoms with Crippen LogP contribution >= 0.6 is 0 Å². The Hall–Kier alpha value is -3.63. The summed E-state index contributed by atoms with van der Waals surface area (Å²) >= 11 is 0. The number of hydrogen-bond acceptors (Lipinski definition) is 7. The fourth-order valence-electron chi connectivity index (χ4n) is 6.72. The van der Waals surface area contributed by atoms with Gasteiger partial charge in [-0.1, -0.05) is 54.6 Å². The Morgan fingerprint density at radius 2 is 1.17 bits per heavy atom. The SMILES string of the molecule is COc1ccc(C(OC(CO)CCN2CCN(C(=O)N3CCN(C(C)(C)C)CC3)CC2)(c2ccccc2)c2ccc(OC)cc2)cc1. The highest BCUT2D eigenvalue weighted by atomic mass is 16.5. The highest BCUT2D eigenvalue weighted by Crippen LogP contribution is 2.43. The van der Waals surface area contributed by atoms with E-state index in [9.17, 15) is 9.90 Å². The molecule has 1 atom stereocenters. The molecule has 254 valence electrons. The second-order valence-corrected chi connectivity index (χ2v) is 13.5. The van der Waals surface area contributed by atoms with E-state index in [0.717, 1.165) is 74.0 Å². The highest BCUT2D eigenvalue weighted by molar-refractivity contribution is 5.74. The van der Waals surface area contributed by atoms with E-state index in [1.165, 1.54) is 0 Å². The average Bonchev–Trinajstić information content (AvgIpc) is 3.12. The topological polar surface area (TPSA) is 78.0 Å². The minimum Gasteiger partial charge on any atom is -0.497 e. The van der Waals surface area contributed by atoms with Crippen molar-refractivity contribution in [3.05, 3.63) is 95.6 Å². The number of aliphatic hydroxyl groups excluding tert-OH is 1. The van der Waals surface area contributed by atoms with Crippen LogP contribution in [0.3, 0.4) is 0 Å². The summed E-state index contributed by atoms with van der Waals surface area (Å²) in [6, 6.07) is 26.2. The molecule has 3 aromatic rings. The smallest absolute Gasteiger partial charge is 0.320 e. The maximum atomic E-state index is 13.3. The summed E-state index contributed by atoms with van der Waals surface area (Å²) in [5, 5.41) is 10.7. The van der Waals surface area contributed by atoms with Crippen LogP contribution in [-0.4, -0.2) is 122 Å². The van der Waals surface area contributed by atoms with Crippen molar-refractivity contribution in [2.75, 3.05) is 79.7 Å². The van der Waals surface area contributed by atoms with Crippen LogP contribution in [0.25, 0.3) is 0 Å². The summed E-state index contributed by atoms with van der Waals surface area (Å²) in [4.78, 5) is 22.1. The minimum absolute atomic E-state index is 0.125. The monoisotopic (exact) mass is 644 g/mol. The van der Waals surface area contributed by atoms with Gasteiger partial charge in [-0.2, -0.15) is 0 Å². The van der Waals surface area contributed by atoms with Crippen LogP contribution in [0.4, 0.5) is 4.79 Å².